The molecule has 2 heterocycles. The molecule has 4 atom stereocenters. The fourth-order valence-electron chi connectivity index (χ4n) is 3.17. The Morgan fingerprint density at radius 1 is 1.25 bits per heavy atom. The summed E-state index contributed by atoms with van der Waals surface area (Å²) >= 11 is 0. The third-order valence-electron chi connectivity index (χ3n) is 5.01. The first kappa shape index (κ1) is 35.7. The molecule has 36 heavy (non-hydrogen) atoms. The van der Waals surface area contributed by atoms with E-state index in [0.29, 0.717) is 32.2 Å². The number of ether oxygens (including phenoxy) is 1. The van der Waals surface area contributed by atoms with Gasteiger partial charge in [0.2, 0.25) is 5.91 Å². The number of unbranched alkanes of at least 4 members (excludes halogenated alkanes) is 3. The van der Waals surface area contributed by atoms with E-state index in [2.05, 4.69) is 21.7 Å². The number of aromatic amines is 1. The van der Waals surface area contributed by atoms with Crippen LogP contribution in [0.3, 0.4) is 0 Å². The molecule has 1 aromatic rings. The Balaban J connectivity index is 0.00000612. The van der Waals surface area contributed by atoms with E-state index >= 15 is 0 Å². The SMILES string of the molecule is CCCCNC(=O)CCCCC#Cc1cn([C@@H]2O[C@H](COP(=O)([O-])[O-])C(O)C2O)c(=O)[nH]c1=O.[Na+].[Na+]. The molecule has 13 nitrogen and oxygen atoms in total. The second kappa shape index (κ2) is 17.3. The first-order valence-electron chi connectivity index (χ1n) is 10.8. The first-order valence-corrected chi connectivity index (χ1v) is 12.3. The van der Waals surface area contributed by atoms with Crippen LogP contribution in [0, 0.1) is 11.8 Å². The monoisotopic (exact) mass is 547 g/mol. The van der Waals surface area contributed by atoms with Gasteiger partial charge in [0, 0.05) is 25.6 Å². The number of nitrogens with zero attached hydrogens (tertiary/aromatic N) is 1. The fourth-order valence-corrected chi connectivity index (χ4v) is 3.50. The van der Waals surface area contributed by atoms with Crippen molar-refractivity contribution in [3.63, 3.8) is 0 Å². The summed E-state index contributed by atoms with van der Waals surface area (Å²) < 4.78 is 20.8. The third-order valence-corrected chi connectivity index (χ3v) is 5.47. The van der Waals surface area contributed by atoms with Crippen LogP contribution in [-0.2, 0) is 18.6 Å². The number of aliphatic hydroxyl groups is 2. The van der Waals surface area contributed by atoms with E-state index in [0.717, 1.165) is 23.6 Å². The number of aliphatic hydroxyl groups excluding tert-OH is 2. The first-order chi connectivity index (χ1) is 16.0. The van der Waals surface area contributed by atoms with E-state index in [1.54, 1.807) is 0 Å². The van der Waals surface area contributed by atoms with Gasteiger partial charge < -0.3 is 39.1 Å². The molecule has 1 fully saturated rings. The Labute approximate surface area is 252 Å². The number of carbonyl (C=O) groups is 1. The van der Waals surface area contributed by atoms with E-state index < -0.39 is 50.2 Å². The summed E-state index contributed by atoms with van der Waals surface area (Å²) in [7, 11) is -5.34. The molecule has 16 heteroatoms. The van der Waals surface area contributed by atoms with Crippen LogP contribution in [0.15, 0.2) is 15.8 Å². The van der Waals surface area contributed by atoms with Crippen LogP contribution < -0.4 is 85.5 Å². The van der Waals surface area contributed by atoms with Crippen LogP contribution in [0.1, 0.15) is 57.2 Å². The molecule has 2 rings (SSSR count). The van der Waals surface area contributed by atoms with E-state index in [1.807, 2.05) is 11.9 Å². The van der Waals surface area contributed by atoms with Crippen LogP contribution in [0.2, 0.25) is 0 Å². The van der Waals surface area contributed by atoms with Gasteiger partial charge in [-0.15, -0.1) is 0 Å². The average molecular weight is 547 g/mol. The number of hydrogen-bond donors (Lipinski definition) is 4. The minimum absolute atomic E-state index is 0. The van der Waals surface area contributed by atoms with Crippen LogP contribution >= 0.6 is 7.82 Å². The van der Waals surface area contributed by atoms with Crippen LogP contribution in [0.4, 0.5) is 0 Å². The Morgan fingerprint density at radius 2 is 1.94 bits per heavy atom. The molecule has 2 unspecified atom stereocenters. The van der Waals surface area contributed by atoms with Gasteiger partial charge in [-0.2, -0.15) is 0 Å². The molecule has 1 aromatic heterocycles. The molecule has 4 N–H and O–H groups in total. The Kier molecular flexibility index (Phi) is 17.2. The molecule has 0 bridgehead atoms. The third kappa shape index (κ3) is 11.6. The van der Waals surface area contributed by atoms with Crippen molar-refractivity contribution in [3.8, 4) is 11.8 Å². The van der Waals surface area contributed by atoms with Gasteiger partial charge in [0.05, 0.1) is 14.4 Å². The van der Waals surface area contributed by atoms with Crippen molar-refractivity contribution in [1.82, 2.24) is 14.9 Å². The maximum absolute atomic E-state index is 12.2. The van der Waals surface area contributed by atoms with Crippen molar-refractivity contribution < 1.29 is 97.7 Å². The van der Waals surface area contributed by atoms with Gasteiger partial charge in [0.25, 0.3) is 5.56 Å². The number of carbonyl (C=O) groups excluding carboxylic acids is 1. The van der Waals surface area contributed by atoms with Gasteiger partial charge >= 0.3 is 64.8 Å². The molecule has 0 radical (unpaired) electrons. The maximum Gasteiger partial charge on any atom is 1.00 e. The molecule has 1 amide bonds. The van der Waals surface area contributed by atoms with E-state index in [4.69, 9.17) is 4.74 Å². The second-order valence-electron chi connectivity index (χ2n) is 7.71. The summed E-state index contributed by atoms with van der Waals surface area (Å²) in [5.41, 5.74) is -1.83. The number of phosphoric ester groups is 1. The fraction of sp³-hybridized carbons (Fsp3) is 0.650. The minimum Gasteiger partial charge on any atom is -0.790 e. The van der Waals surface area contributed by atoms with Crippen molar-refractivity contribution in [3.05, 3.63) is 32.6 Å². The Morgan fingerprint density at radius 3 is 2.58 bits per heavy atom. The normalized spacial score (nSPS) is 21.0. The summed E-state index contributed by atoms with van der Waals surface area (Å²) in [6.45, 7) is 1.82. The quantitative estimate of drug-likeness (QED) is 0.0891. The summed E-state index contributed by atoms with van der Waals surface area (Å²) in [5.74, 6) is 5.37. The van der Waals surface area contributed by atoms with Crippen molar-refractivity contribution in [2.45, 2.75) is 70.0 Å². The molecular weight excluding hydrogens is 519 g/mol. The van der Waals surface area contributed by atoms with Gasteiger partial charge in [-0.25, -0.2) is 4.79 Å². The van der Waals surface area contributed by atoms with Gasteiger partial charge in [-0.05, 0) is 19.3 Å². The van der Waals surface area contributed by atoms with Crippen molar-refractivity contribution in [2.24, 2.45) is 0 Å². The zero-order valence-corrected chi connectivity index (χ0v) is 25.5. The number of nitrogens with one attached hydrogen (secondary N) is 2. The second-order valence-corrected chi connectivity index (χ2v) is 8.86. The van der Waals surface area contributed by atoms with Crippen molar-refractivity contribution in [1.29, 1.82) is 0 Å². The van der Waals surface area contributed by atoms with Gasteiger partial charge in [0.1, 0.15) is 23.9 Å². The molecule has 0 saturated carbocycles. The average Bonchev–Trinajstić information content (AvgIpc) is 3.04. The summed E-state index contributed by atoms with van der Waals surface area (Å²) in [6, 6.07) is 0. The smallest absolute Gasteiger partial charge is 0.790 e. The van der Waals surface area contributed by atoms with E-state index in [-0.39, 0.29) is 70.6 Å². The van der Waals surface area contributed by atoms with Crippen LogP contribution in [0.5, 0.6) is 0 Å². The topological polar surface area (TPSA) is 206 Å². The standard InChI is InChI=1S/C20H30N3O10P.2Na/c1-2-3-10-21-15(24)9-7-5-4-6-8-13-11-23(20(28)22-18(13)27)19-17(26)16(25)14(33-19)12-32-34(29,30)31;;/h11,14,16-17,19,25-26H,2-5,7,9-10,12H2,1H3,(H,21,24)(H,22,27,28)(H2,29,30,31);;/q;2*+1/p-2/t14-,16?,17?,19-;;/m1../s1. The zero-order valence-electron chi connectivity index (χ0n) is 20.6. The number of rotatable bonds is 11. The molecular formula is C20H28N3Na2O10P. The summed E-state index contributed by atoms with van der Waals surface area (Å²) in [4.78, 5) is 59.2. The molecule has 1 aliphatic rings. The summed E-state index contributed by atoms with van der Waals surface area (Å²) in [5, 5.41) is 23.1. The number of aromatic nitrogens is 2. The van der Waals surface area contributed by atoms with Crippen molar-refractivity contribution in [2.75, 3.05) is 13.2 Å². The van der Waals surface area contributed by atoms with Gasteiger partial charge in [-0.1, -0.05) is 25.2 Å². The Hall–Kier alpha value is -0.300. The van der Waals surface area contributed by atoms with E-state index in [9.17, 15) is 38.9 Å². The molecule has 1 saturated heterocycles. The van der Waals surface area contributed by atoms with Crippen molar-refractivity contribution >= 4 is 13.7 Å². The molecule has 190 valence electrons. The Bertz CT molecular complexity index is 1060. The maximum atomic E-state index is 12.2. The number of phosphoric acid groups is 1. The van der Waals surface area contributed by atoms with Crippen LogP contribution in [-0.4, -0.2) is 57.1 Å². The predicted octanol–water partition coefficient (Wildman–Crippen LogP) is -8.16. The molecule has 1 aliphatic heterocycles. The largest absolute Gasteiger partial charge is 1.00 e. The summed E-state index contributed by atoms with van der Waals surface area (Å²) in [6.07, 6.45) is -1.28. The number of amides is 1. The van der Waals surface area contributed by atoms with Gasteiger partial charge in [-0.3, -0.25) is 19.1 Å². The van der Waals surface area contributed by atoms with Crippen LogP contribution in [0.25, 0.3) is 0 Å². The molecule has 0 aliphatic carbocycles. The number of H-pyrrole nitrogens is 1. The zero-order chi connectivity index (χ0) is 25.3. The molecule has 0 spiro atoms. The minimum atomic E-state index is -5.34. The van der Waals surface area contributed by atoms with E-state index in [1.165, 1.54) is 0 Å². The molecule has 0 aromatic carbocycles. The number of hydrogen-bond acceptors (Lipinski definition) is 10. The predicted molar refractivity (Wildman–Crippen MR) is 114 cm³/mol. The van der Waals surface area contributed by atoms with Gasteiger partial charge in [0.15, 0.2) is 6.23 Å².